The number of hydrogen-bond acceptors (Lipinski definition) is 13. The van der Waals surface area contributed by atoms with Crippen LogP contribution in [0.15, 0.2) is 39.6 Å². The molecule has 15 nitrogen and oxygen atoms in total. The number of halogens is 3. The van der Waals surface area contributed by atoms with E-state index in [1.54, 1.807) is 25.8 Å². The van der Waals surface area contributed by atoms with Gasteiger partial charge in [0.2, 0.25) is 5.82 Å². The largest absolute Gasteiger partial charge is 0.461 e. The summed E-state index contributed by atoms with van der Waals surface area (Å²) < 4.78 is 82.1. The molecule has 2 aliphatic heterocycles. The summed E-state index contributed by atoms with van der Waals surface area (Å²) in [5.74, 6) is -6.21. The second kappa shape index (κ2) is 13.2. The van der Waals surface area contributed by atoms with E-state index < -0.39 is 131 Å². The molecule has 0 bridgehead atoms. The molecule has 0 radical (unpaired) electrons. The third kappa shape index (κ3) is 5.91. The van der Waals surface area contributed by atoms with Gasteiger partial charge in [-0.05, 0) is 63.7 Å². The lowest BCUT2D eigenvalue weighted by Crippen LogP contribution is -2.70. The number of nitrogens with zero attached hydrogens (tertiary/aromatic N) is 1. The molecule has 1 aromatic rings. The fourth-order valence-corrected chi connectivity index (χ4v) is 10.1. The molecule has 296 valence electrons. The molecule has 0 spiro atoms. The van der Waals surface area contributed by atoms with E-state index in [9.17, 15) is 38.6 Å². The number of aliphatic hydroxyl groups excluding tert-OH is 2. The molecule has 0 amide bonds. The predicted molar refractivity (Wildman–Crippen MR) is 175 cm³/mol. The molecular weight excluding hydrogens is 725 g/mol. The number of nitrogens with one attached hydrogen (secondary N) is 1. The van der Waals surface area contributed by atoms with E-state index in [1.807, 2.05) is 0 Å². The number of carbonyl (C=O) groups excluding carboxylic acids is 3. The Bertz CT molecular complexity index is 1920. The summed E-state index contributed by atoms with van der Waals surface area (Å²) >= 11 is 0. The highest BCUT2D eigenvalue weighted by Crippen LogP contribution is 2.72. The first-order valence-corrected chi connectivity index (χ1v) is 17.8. The number of ether oxygens (including phenoxy) is 6. The Morgan fingerprint density at radius 1 is 1.04 bits per heavy atom. The van der Waals surface area contributed by atoms with Crippen LogP contribution in [-0.2, 0) is 42.8 Å². The van der Waals surface area contributed by atoms with Gasteiger partial charge in [-0.1, -0.05) is 13.0 Å². The number of fused-ring (bicyclic) bond motifs is 7. The number of carbonyl (C=O) groups is 3. The SMILES string of the molecule is CC1(C)O[C@@H]2CC3C4C[C@H](F)C5=CC(=O)C=CC5(C)[C@@]4(F)[C@@H](O)CC3(C)[C@]2(COC(=O)COCC(=O)OCC2OC(n3cc(F)c(=O)[nH]c3=O)CC2O)O1. The summed E-state index contributed by atoms with van der Waals surface area (Å²) in [6, 6.07) is 0. The van der Waals surface area contributed by atoms with E-state index in [2.05, 4.69) is 0 Å². The summed E-state index contributed by atoms with van der Waals surface area (Å²) in [7, 11) is 0. The van der Waals surface area contributed by atoms with Crippen molar-refractivity contribution in [3.05, 3.63) is 56.7 Å². The molecule has 6 aliphatic rings. The lowest BCUT2D eigenvalue weighted by atomic mass is 9.44. The van der Waals surface area contributed by atoms with Crippen LogP contribution in [0.2, 0.25) is 0 Å². The number of aliphatic hydroxyl groups is 2. The Morgan fingerprint density at radius 3 is 2.46 bits per heavy atom. The summed E-state index contributed by atoms with van der Waals surface area (Å²) in [6.45, 7) is 4.44. The zero-order valence-electron chi connectivity index (χ0n) is 30.1. The molecule has 18 heteroatoms. The van der Waals surface area contributed by atoms with Crippen LogP contribution in [0.1, 0.15) is 59.6 Å². The van der Waals surface area contributed by atoms with E-state index in [4.69, 9.17) is 28.4 Å². The second-order valence-electron chi connectivity index (χ2n) is 16.0. The van der Waals surface area contributed by atoms with Gasteiger partial charge < -0.3 is 38.6 Å². The average Bonchev–Trinajstić information content (AvgIpc) is 3.67. The van der Waals surface area contributed by atoms with Gasteiger partial charge in [0.05, 0.1) is 24.5 Å². The van der Waals surface area contributed by atoms with E-state index in [0.717, 1.165) is 10.6 Å². The van der Waals surface area contributed by atoms with Crippen LogP contribution in [0.3, 0.4) is 0 Å². The first kappa shape index (κ1) is 38.6. The lowest BCUT2D eigenvalue weighted by Gasteiger charge is -2.63. The molecule has 5 fully saturated rings. The summed E-state index contributed by atoms with van der Waals surface area (Å²) in [4.78, 5) is 62.6. The molecule has 3 saturated carbocycles. The molecule has 7 unspecified atom stereocenters. The zero-order chi connectivity index (χ0) is 39.2. The van der Waals surface area contributed by atoms with Crippen molar-refractivity contribution in [3.8, 4) is 0 Å². The highest BCUT2D eigenvalue weighted by atomic mass is 19.1. The number of aromatic nitrogens is 2. The van der Waals surface area contributed by atoms with Crippen molar-refractivity contribution in [1.29, 1.82) is 0 Å². The predicted octanol–water partition coefficient (Wildman–Crippen LogP) is 1.25. The van der Waals surface area contributed by atoms with Gasteiger partial charge in [-0.25, -0.2) is 23.2 Å². The maximum Gasteiger partial charge on any atom is 0.332 e. The smallest absolute Gasteiger partial charge is 0.332 e. The fourth-order valence-electron chi connectivity index (χ4n) is 10.1. The Kier molecular flexibility index (Phi) is 9.45. The van der Waals surface area contributed by atoms with Gasteiger partial charge in [0.25, 0.3) is 5.56 Å². The van der Waals surface area contributed by atoms with Gasteiger partial charge in [0, 0.05) is 23.2 Å². The average molecular weight is 769 g/mol. The van der Waals surface area contributed by atoms with E-state index in [-0.39, 0.29) is 37.9 Å². The standard InChI is InChI=1S/C36H43F3N2O13/c1-32(2)53-26-9-18-19-8-21(37)20-7-17(42)5-6-33(20,3)36(19,39)25(44)11-34(18,4)35(26,54-32)16-51-29(46)15-49-14-28(45)50-13-24-23(43)10-27(52-24)41-12-22(38)30(47)40-31(41)48/h5-7,12,18-19,21,23-27,43-44H,8-11,13-16H2,1-4H3,(H,40,47,48)/t18?,19?,21-,23?,24?,25-,26+,27?,33?,34?,35+,36-/m0/s1. The first-order chi connectivity index (χ1) is 25.2. The number of alkyl halides is 2. The van der Waals surface area contributed by atoms with Gasteiger partial charge in [0.1, 0.15) is 50.5 Å². The van der Waals surface area contributed by atoms with Crippen LogP contribution in [-0.4, -0.2) is 112 Å². The normalized spacial score (nSPS) is 41.7. The molecule has 7 rings (SSSR count). The molecule has 3 N–H and O–H groups in total. The minimum absolute atomic E-state index is 0.00676. The highest BCUT2D eigenvalue weighted by molar-refractivity contribution is 6.01. The molecule has 0 aromatic carbocycles. The van der Waals surface area contributed by atoms with Crippen LogP contribution < -0.4 is 11.2 Å². The molecule has 3 heterocycles. The fraction of sp³-hybridized carbons (Fsp3) is 0.694. The van der Waals surface area contributed by atoms with E-state index >= 15 is 8.78 Å². The Balaban J connectivity index is 0.964. The molecule has 1 aromatic heterocycles. The lowest BCUT2D eigenvalue weighted by molar-refractivity contribution is -0.260. The summed E-state index contributed by atoms with van der Waals surface area (Å²) in [5.41, 5.74) is -8.48. The number of hydrogen-bond donors (Lipinski definition) is 3. The van der Waals surface area contributed by atoms with Crippen molar-refractivity contribution in [3.63, 3.8) is 0 Å². The number of allylic oxidation sites excluding steroid dienone is 4. The number of H-pyrrole nitrogens is 1. The minimum Gasteiger partial charge on any atom is -0.461 e. The zero-order valence-corrected chi connectivity index (χ0v) is 30.1. The Morgan fingerprint density at radius 2 is 1.74 bits per heavy atom. The van der Waals surface area contributed by atoms with Crippen molar-refractivity contribution >= 4 is 17.7 Å². The number of ketones is 1. The van der Waals surface area contributed by atoms with Gasteiger partial charge in [0.15, 0.2) is 17.2 Å². The van der Waals surface area contributed by atoms with E-state index in [1.165, 1.54) is 19.1 Å². The topological polar surface area (TPSA) is 202 Å². The molecule has 12 atom stereocenters. The Labute approximate surface area is 306 Å². The van der Waals surface area contributed by atoms with Gasteiger partial charge in [-0.3, -0.25) is 19.1 Å². The number of esters is 2. The van der Waals surface area contributed by atoms with Crippen LogP contribution in [0, 0.1) is 28.5 Å². The number of rotatable bonds is 9. The molecular formula is C36H43F3N2O13. The molecule has 54 heavy (non-hydrogen) atoms. The maximum atomic E-state index is 17.6. The van der Waals surface area contributed by atoms with Gasteiger partial charge in [-0.15, -0.1) is 0 Å². The molecule has 2 saturated heterocycles. The highest BCUT2D eigenvalue weighted by Gasteiger charge is 2.79. The van der Waals surface area contributed by atoms with Crippen molar-refractivity contribution in [2.75, 3.05) is 26.4 Å². The van der Waals surface area contributed by atoms with Crippen molar-refractivity contribution < 1.29 is 66.2 Å². The van der Waals surface area contributed by atoms with E-state index in [0.29, 0.717) is 6.20 Å². The van der Waals surface area contributed by atoms with Crippen LogP contribution in [0.4, 0.5) is 13.2 Å². The van der Waals surface area contributed by atoms with Gasteiger partial charge >= 0.3 is 17.6 Å². The van der Waals surface area contributed by atoms with Crippen LogP contribution in [0.25, 0.3) is 0 Å². The Hall–Kier alpha value is -3.68. The van der Waals surface area contributed by atoms with Crippen LogP contribution >= 0.6 is 0 Å². The summed E-state index contributed by atoms with van der Waals surface area (Å²) in [5, 5.41) is 22.0. The van der Waals surface area contributed by atoms with Crippen molar-refractivity contribution in [2.24, 2.45) is 22.7 Å². The minimum atomic E-state index is -2.32. The number of aromatic amines is 1. The van der Waals surface area contributed by atoms with Gasteiger partial charge in [-0.2, -0.15) is 4.39 Å². The maximum absolute atomic E-state index is 17.6. The second-order valence-corrected chi connectivity index (χ2v) is 16.0. The molecule has 4 aliphatic carbocycles. The van der Waals surface area contributed by atoms with Crippen molar-refractivity contribution in [1.82, 2.24) is 9.55 Å². The monoisotopic (exact) mass is 768 g/mol. The first-order valence-electron chi connectivity index (χ1n) is 17.8. The summed E-state index contributed by atoms with van der Waals surface area (Å²) in [6.07, 6.45) is -3.40. The van der Waals surface area contributed by atoms with Crippen molar-refractivity contribution in [2.45, 2.75) is 107 Å². The van der Waals surface area contributed by atoms with Crippen LogP contribution in [0.5, 0.6) is 0 Å². The third-order valence-electron chi connectivity index (χ3n) is 12.6. The third-order valence-corrected chi connectivity index (χ3v) is 12.6. The quantitative estimate of drug-likeness (QED) is 0.304.